The lowest BCUT2D eigenvalue weighted by molar-refractivity contribution is -0.140. The molecular weight excluding hydrogens is 320 g/mol. The smallest absolute Gasteiger partial charge is 0.320 e. The predicted molar refractivity (Wildman–Crippen MR) is 95.8 cm³/mol. The third-order valence-corrected chi connectivity index (χ3v) is 4.36. The summed E-state index contributed by atoms with van der Waals surface area (Å²) in [6, 6.07) is 13.3. The van der Waals surface area contributed by atoms with E-state index in [1.54, 1.807) is 0 Å². The van der Waals surface area contributed by atoms with Gasteiger partial charge in [-0.25, -0.2) is 0 Å². The van der Waals surface area contributed by atoms with E-state index in [1.807, 2.05) is 30.3 Å². The number of fused-ring (bicyclic) bond motifs is 3. The van der Waals surface area contributed by atoms with E-state index in [9.17, 15) is 14.7 Å². The Morgan fingerprint density at radius 2 is 1.80 bits per heavy atom. The molecule has 130 valence electrons. The fourth-order valence-corrected chi connectivity index (χ4v) is 3.10. The van der Waals surface area contributed by atoms with Crippen LogP contribution in [0.3, 0.4) is 0 Å². The van der Waals surface area contributed by atoms with Gasteiger partial charge in [0, 0.05) is 34.8 Å². The largest absolute Gasteiger partial charge is 0.481 e. The third-order valence-electron chi connectivity index (χ3n) is 4.36. The average Bonchev–Trinajstić information content (AvgIpc) is 2.97. The van der Waals surface area contributed by atoms with E-state index in [0.29, 0.717) is 13.0 Å². The molecule has 0 spiro atoms. The summed E-state index contributed by atoms with van der Waals surface area (Å²) in [5, 5.41) is 23.2. The summed E-state index contributed by atoms with van der Waals surface area (Å²) in [5.41, 5.74) is 3.23. The van der Waals surface area contributed by atoms with Crippen LogP contribution in [0.1, 0.15) is 18.4 Å². The van der Waals surface area contributed by atoms with E-state index in [-0.39, 0.29) is 12.8 Å². The quantitative estimate of drug-likeness (QED) is 0.505. The molecule has 4 N–H and O–H groups in total. The van der Waals surface area contributed by atoms with E-state index in [2.05, 4.69) is 22.4 Å². The molecule has 0 unspecified atom stereocenters. The summed E-state index contributed by atoms with van der Waals surface area (Å²) in [7, 11) is 0. The summed E-state index contributed by atoms with van der Waals surface area (Å²) >= 11 is 0. The Morgan fingerprint density at radius 3 is 2.56 bits per heavy atom. The van der Waals surface area contributed by atoms with Gasteiger partial charge in [-0.3, -0.25) is 9.59 Å². The minimum atomic E-state index is -1.02. The second-order valence-electron chi connectivity index (χ2n) is 6.04. The average molecular weight is 340 g/mol. The Kier molecular flexibility index (Phi) is 5.00. The second-order valence-corrected chi connectivity index (χ2v) is 6.04. The molecule has 1 heterocycles. The van der Waals surface area contributed by atoms with Gasteiger partial charge in [-0.2, -0.15) is 0 Å². The van der Waals surface area contributed by atoms with Gasteiger partial charge in [0.2, 0.25) is 0 Å². The molecule has 2 aromatic carbocycles. The maximum Gasteiger partial charge on any atom is 0.320 e. The zero-order valence-corrected chi connectivity index (χ0v) is 13.7. The van der Waals surface area contributed by atoms with Crippen molar-refractivity contribution in [2.45, 2.75) is 25.3 Å². The summed E-state index contributed by atoms with van der Waals surface area (Å²) in [4.78, 5) is 25.3. The Labute approximate surface area is 144 Å². The van der Waals surface area contributed by atoms with Crippen molar-refractivity contribution in [3.05, 3.63) is 48.0 Å². The minimum Gasteiger partial charge on any atom is -0.481 e. The van der Waals surface area contributed by atoms with Crippen LogP contribution in [0.25, 0.3) is 21.8 Å². The lowest BCUT2D eigenvalue weighted by atomic mass is 10.1. The van der Waals surface area contributed by atoms with Crippen molar-refractivity contribution in [2.75, 3.05) is 6.54 Å². The highest BCUT2D eigenvalue weighted by Crippen LogP contribution is 2.27. The summed E-state index contributed by atoms with van der Waals surface area (Å²) in [6.45, 7) is 0.463. The SMILES string of the molecule is O=C(O)CC[C@H](NCCc1cccc2c1[nH]c1ccccc12)C(=O)O. The molecule has 3 rings (SSSR count). The maximum atomic E-state index is 11.2. The maximum absolute atomic E-state index is 11.2. The van der Waals surface area contributed by atoms with Crippen molar-refractivity contribution < 1.29 is 19.8 Å². The molecule has 3 aromatic rings. The van der Waals surface area contributed by atoms with Gasteiger partial charge in [0.05, 0.1) is 0 Å². The molecule has 0 aliphatic rings. The van der Waals surface area contributed by atoms with Crippen molar-refractivity contribution in [1.29, 1.82) is 0 Å². The van der Waals surface area contributed by atoms with Gasteiger partial charge >= 0.3 is 11.9 Å². The number of rotatable bonds is 8. The lowest BCUT2D eigenvalue weighted by Gasteiger charge is -2.13. The van der Waals surface area contributed by atoms with Gasteiger partial charge in [0.1, 0.15) is 6.04 Å². The van der Waals surface area contributed by atoms with Crippen LogP contribution in [0.5, 0.6) is 0 Å². The normalized spacial score (nSPS) is 12.5. The molecule has 0 aliphatic heterocycles. The number of hydrogen-bond donors (Lipinski definition) is 4. The van der Waals surface area contributed by atoms with E-state index < -0.39 is 18.0 Å². The van der Waals surface area contributed by atoms with Crippen LogP contribution in [0, 0.1) is 0 Å². The third kappa shape index (κ3) is 3.80. The molecule has 0 fully saturated rings. The molecule has 0 aliphatic carbocycles. The Balaban J connectivity index is 1.72. The number of nitrogens with one attached hydrogen (secondary N) is 2. The monoisotopic (exact) mass is 340 g/mol. The van der Waals surface area contributed by atoms with Gasteiger partial charge in [-0.1, -0.05) is 36.4 Å². The predicted octanol–water partition coefficient (Wildman–Crippen LogP) is 2.77. The van der Waals surface area contributed by atoms with Crippen LogP contribution in [0.15, 0.2) is 42.5 Å². The topological polar surface area (TPSA) is 102 Å². The van der Waals surface area contributed by atoms with Crippen LogP contribution >= 0.6 is 0 Å². The molecule has 1 atom stereocenters. The van der Waals surface area contributed by atoms with Crippen LogP contribution in [0.4, 0.5) is 0 Å². The van der Waals surface area contributed by atoms with Crippen LogP contribution in [-0.4, -0.2) is 39.7 Å². The van der Waals surface area contributed by atoms with E-state index >= 15 is 0 Å². The second kappa shape index (κ2) is 7.36. The molecule has 0 saturated heterocycles. The molecule has 0 bridgehead atoms. The Hall–Kier alpha value is -2.86. The first-order valence-corrected chi connectivity index (χ1v) is 8.22. The molecule has 0 amide bonds. The molecule has 6 heteroatoms. The Bertz CT molecular complexity index is 916. The highest BCUT2D eigenvalue weighted by atomic mass is 16.4. The first-order chi connectivity index (χ1) is 12.1. The van der Waals surface area contributed by atoms with Crippen molar-refractivity contribution in [3.63, 3.8) is 0 Å². The molecule has 6 nitrogen and oxygen atoms in total. The van der Waals surface area contributed by atoms with Gasteiger partial charge in [0.25, 0.3) is 0 Å². The summed E-state index contributed by atoms with van der Waals surface area (Å²) < 4.78 is 0. The van der Waals surface area contributed by atoms with Crippen molar-refractivity contribution in [3.8, 4) is 0 Å². The van der Waals surface area contributed by atoms with E-state index in [1.165, 1.54) is 0 Å². The number of para-hydroxylation sites is 2. The first-order valence-electron chi connectivity index (χ1n) is 8.22. The van der Waals surface area contributed by atoms with Gasteiger partial charge < -0.3 is 20.5 Å². The minimum absolute atomic E-state index is 0.0707. The lowest BCUT2D eigenvalue weighted by Crippen LogP contribution is -2.38. The van der Waals surface area contributed by atoms with Crippen molar-refractivity contribution >= 4 is 33.7 Å². The molecule has 25 heavy (non-hydrogen) atoms. The van der Waals surface area contributed by atoms with Gasteiger partial charge in [0.15, 0.2) is 0 Å². The number of hydrogen-bond acceptors (Lipinski definition) is 3. The zero-order valence-electron chi connectivity index (χ0n) is 13.7. The fraction of sp³-hybridized carbons (Fsp3) is 0.263. The van der Waals surface area contributed by atoms with E-state index in [4.69, 9.17) is 5.11 Å². The zero-order chi connectivity index (χ0) is 17.8. The number of H-pyrrole nitrogens is 1. The van der Waals surface area contributed by atoms with E-state index in [0.717, 1.165) is 27.4 Å². The van der Waals surface area contributed by atoms with Crippen molar-refractivity contribution in [2.24, 2.45) is 0 Å². The van der Waals surface area contributed by atoms with Crippen molar-refractivity contribution in [1.82, 2.24) is 10.3 Å². The highest BCUT2D eigenvalue weighted by molar-refractivity contribution is 6.08. The molecule has 0 radical (unpaired) electrons. The number of aromatic nitrogens is 1. The van der Waals surface area contributed by atoms with Crippen LogP contribution in [0.2, 0.25) is 0 Å². The van der Waals surface area contributed by atoms with Gasteiger partial charge in [-0.05, 0) is 24.5 Å². The molecule has 0 saturated carbocycles. The Morgan fingerprint density at radius 1 is 1.04 bits per heavy atom. The number of aliphatic carboxylic acids is 2. The standard InChI is InChI=1S/C19H20N2O4/c22-17(23)9-8-16(19(24)25)20-11-10-12-4-3-6-14-13-5-1-2-7-15(13)21-18(12)14/h1-7,16,20-21H,8-11H2,(H,22,23)(H,24,25)/t16-/m0/s1. The number of carboxylic acids is 2. The van der Waals surface area contributed by atoms with Gasteiger partial charge in [-0.15, -0.1) is 0 Å². The number of carbonyl (C=O) groups is 2. The number of carboxylic acid groups (broad SMARTS) is 2. The number of aromatic amines is 1. The summed E-state index contributed by atoms with van der Waals surface area (Å²) in [5.74, 6) is -2.01. The van der Waals surface area contributed by atoms with Crippen LogP contribution < -0.4 is 5.32 Å². The fourth-order valence-electron chi connectivity index (χ4n) is 3.10. The highest BCUT2D eigenvalue weighted by Gasteiger charge is 2.18. The molecular formula is C19H20N2O4. The van der Waals surface area contributed by atoms with Crippen LogP contribution in [-0.2, 0) is 16.0 Å². The number of benzene rings is 2. The molecule has 1 aromatic heterocycles. The first kappa shape index (κ1) is 17.0. The summed E-state index contributed by atoms with van der Waals surface area (Å²) in [6.07, 6.45) is 0.559.